The van der Waals surface area contributed by atoms with E-state index < -0.39 is 0 Å². The molecule has 0 radical (unpaired) electrons. The molecule has 2 N–H and O–H groups in total. The van der Waals surface area contributed by atoms with Crippen LogP contribution in [-0.2, 0) is 11.8 Å². The van der Waals surface area contributed by atoms with Crippen molar-refractivity contribution < 1.29 is 4.79 Å². The summed E-state index contributed by atoms with van der Waals surface area (Å²) < 4.78 is 1.83. The summed E-state index contributed by atoms with van der Waals surface area (Å²) in [6, 6.07) is 0.0214. The van der Waals surface area contributed by atoms with Crippen LogP contribution in [0.15, 0.2) is 6.20 Å². The van der Waals surface area contributed by atoms with Gasteiger partial charge in [-0.05, 0) is 33.2 Å². The van der Waals surface area contributed by atoms with E-state index in [0.29, 0.717) is 0 Å². The number of aromatic nitrogens is 2. The summed E-state index contributed by atoms with van der Waals surface area (Å²) in [4.78, 5) is 12.1. The fourth-order valence-electron chi connectivity index (χ4n) is 2.43. The summed E-state index contributed by atoms with van der Waals surface area (Å²) in [6.45, 7) is 5.86. The molecule has 18 heavy (non-hydrogen) atoms. The van der Waals surface area contributed by atoms with Crippen molar-refractivity contribution in [2.45, 2.75) is 32.7 Å². The Hall–Kier alpha value is -1.36. The van der Waals surface area contributed by atoms with Gasteiger partial charge in [0.15, 0.2) is 0 Å². The first-order chi connectivity index (χ1) is 8.59. The van der Waals surface area contributed by atoms with Crippen LogP contribution in [0.25, 0.3) is 0 Å². The molecule has 0 aromatic carbocycles. The maximum atomic E-state index is 12.1. The summed E-state index contributed by atoms with van der Waals surface area (Å²) in [5.41, 5.74) is 2.19. The zero-order valence-corrected chi connectivity index (χ0v) is 11.4. The minimum Gasteiger partial charge on any atom is -0.349 e. The van der Waals surface area contributed by atoms with Crippen LogP contribution in [0.3, 0.4) is 0 Å². The minimum atomic E-state index is 0.0214. The lowest BCUT2D eigenvalue weighted by Crippen LogP contribution is -2.41. The number of carbonyl (C=O) groups is 1. The highest BCUT2D eigenvalue weighted by molar-refractivity contribution is 5.79. The van der Waals surface area contributed by atoms with Gasteiger partial charge < -0.3 is 10.6 Å². The molecule has 2 rings (SSSR count). The highest BCUT2D eigenvalue weighted by atomic mass is 16.2. The van der Waals surface area contributed by atoms with E-state index >= 15 is 0 Å². The van der Waals surface area contributed by atoms with Crippen LogP contribution >= 0.6 is 0 Å². The van der Waals surface area contributed by atoms with E-state index in [1.54, 1.807) is 0 Å². The topological polar surface area (TPSA) is 59.0 Å². The first-order valence-electron chi connectivity index (χ1n) is 6.59. The first kappa shape index (κ1) is 13.1. The summed E-state index contributed by atoms with van der Waals surface area (Å²) in [5.74, 6) is 0.260. The van der Waals surface area contributed by atoms with E-state index in [4.69, 9.17) is 0 Å². The normalized spacial score (nSPS) is 21.6. The van der Waals surface area contributed by atoms with Crippen molar-refractivity contribution in [2.24, 2.45) is 13.0 Å². The lowest BCUT2D eigenvalue weighted by atomic mass is 9.98. The Kier molecular flexibility index (Phi) is 4.01. The Morgan fingerprint density at radius 1 is 1.67 bits per heavy atom. The Morgan fingerprint density at radius 3 is 3.00 bits per heavy atom. The van der Waals surface area contributed by atoms with Crippen molar-refractivity contribution in [2.75, 3.05) is 13.1 Å². The number of nitrogens with one attached hydrogen (secondary N) is 2. The van der Waals surface area contributed by atoms with Gasteiger partial charge in [0.05, 0.1) is 18.2 Å². The fraction of sp³-hybridized carbons (Fsp3) is 0.692. The Morgan fingerprint density at radius 2 is 2.44 bits per heavy atom. The monoisotopic (exact) mass is 250 g/mol. The molecular weight excluding hydrogens is 228 g/mol. The Bertz CT molecular complexity index is 421. The summed E-state index contributed by atoms with van der Waals surface area (Å²) in [6.07, 6.45) is 3.90. The van der Waals surface area contributed by atoms with Gasteiger partial charge in [-0.25, -0.2) is 0 Å². The molecule has 0 spiro atoms. The number of hydrogen-bond acceptors (Lipinski definition) is 3. The Balaban J connectivity index is 1.96. The molecular formula is C13H22N4O. The van der Waals surface area contributed by atoms with E-state index in [2.05, 4.69) is 15.7 Å². The molecule has 1 unspecified atom stereocenters. The third-order valence-corrected chi connectivity index (χ3v) is 3.77. The van der Waals surface area contributed by atoms with E-state index in [1.807, 2.05) is 31.8 Å². The van der Waals surface area contributed by atoms with E-state index in [-0.39, 0.29) is 17.9 Å². The zero-order valence-electron chi connectivity index (χ0n) is 11.4. The number of piperidine rings is 1. The number of nitrogens with zero attached hydrogens (tertiary/aromatic N) is 2. The predicted octanol–water partition coefficient (Wildman–Crippen LogP) is 0.905. The average molecular weight is 250 g/mol. The molecule has 2 atom stereocenters. The predicted molar refractivity (Wildman–Crippen MR) is 70.1 cm³/mol. The largest absolute Gasteiger partial charge is 0.349 e. The van der Waals surface area contributed by atoms with Crippen molar-refractivity contribution in [3.05, 3.63) is 17.5 Å². The van der Waals surface area contributed by atoms with Crippen LogP contribution in [0.2, 0.25) is 0 Å². The van der Waals surface area contributed by atoms with Crippen LogP contribution in [-0.4, -0.2) is 28.8 Å². The molecule has 100 valence electrons. The third kappa shape index (κ3) is 2.72. The SMILES string of the molecule is Cc1c(C(C)NC(=O)[C@@H]2CCCNC2)cnn1C. The molecule has 1 saturated heterocycles. The maximum absolute atomic E-state index is 12.1. The smallest absolute Gasteiger partial charge is 0.224 e. The van der Waals surface area contributed by atoms with E-state index in [0.717, 1.165) is 37.2 Å². The number of aryl methyl sites for hydroxylation is 1. The summed E-state index contributed by atoms with van der Waals surface area (Å²) >= 11 is 0. The first-order valence-corrected chi connectivity index (χ1v) is 6.59. The zero-order chi connectivity index (χ0) is 13.1. The minimum absolute atomic E-state index is 0.0214. The fourth-order valence-corrected chi connectivity index (χ4v) is 2.43. The molecule has 1 aliphatic heterocycles. The molecule has 1 amide bonds. The molecule has 1 fully saturated rings. The van der Waals surface area contributed by atoms with Gasteiger partial charge in [-0.3, -0.25) is 9.48 Å². The van der Waals surface area contributed by atoms with Gasteiger partial charge in [0.1, 0.15) is 0 Å². The van der Waals surface area contributed by atoms with Crippen LogP contribution in [0, 0.1) is 12.8 Å². The number of carbonyl (C=O) groups excluding carboxylic acids is 1. The molecule has 0 saturated carbocycles. The highest BCUT2D eigenvalue weighted by Crippen LogP contribution is 2.18. The summed E-state index contributed by atoms with van der Waals surface area (Å²) in [5, 5.41) is 10.6. The van der Waals surface area contributed by atoms with Crippen molar-refractivity contribution in [1.29, 1.82) is 0 Å². The molecule has 1 aliphatic rings. The molecule has 1 aromatic rings. The second-order valence-electron chi connectivity index (χ2n) is 5.08. The third-order valence-electron chi connectivity index (χ3n) is 3.77. The average Bonchev–Trinajstić information content (AvgIpc) is 2.71. The van der Waals surface area contributed by atoms with Gasteiger partial charge in [0.2, 0.25) is 5.91 Å². The van der Waals surface area contributed by atoms with Crippen LogP contribution in [0.4, 0.5) is 0 Å². The van der Waals surface area contributed by atoms with E-state index in [9.17, 15) is 4.79 Å². The lowest BCUT2D eigenvalue weighted by Gasteiger charge is -2.24. The highest BCUT2D eigenvalue weighted by Gasteiger charge is 2.23. The molecule has 0 bridgehead atoms. The second-order valence-corrected chi connectivity index (χ2v) is 5.08. The van der Waals surface area contributed by atoms with Crippen molar-refractivity contribution in [1.82, 2.24) is 20.4 Å². The van der Waals surface area contributed by atoms with Gasteiger partial charge >= 0.3 is 0 Å². The molecule has 0 aliphatic carbocycles. The molecule has 2 heterocycles. The maximum Gasteiger partial charge on any atom is 0.224 e. The van der Waals surface area contributed by atoms with Gasteiger partial charge in [-0.1, -0.05) is 0 Å². The molecule has 1 aromatic heterocycles. The van der Waals surface area contributed by atoms with Gasteiger partial charge in [-0.2, -0.15) is 5.10 Å². The molecule has 5 nitrogen and oxygen atoms in total. The number of hydrogen-bond donors (Lipinski definition) is 2. The Labute approximate surface area is 108 Å². The van der Waals surface area contributed by atoms with Gasteiger partial charge in [0.25, 0.3) is 0 Å². The quantitative estimate of drug-likeness (QED) is 0.838. The summed E-state index contributed by atoms with van der Waals surface area (Å²) in [7, 11) is 1.92. The van der Waals surface area contributed by atoms with Crippen molar-refractivity contribution >= 4 is 5.91 Å². The van der Waals surface area contributed by atoms with E-state index in [1.165, 1.54) is 0 Å². The number of amides is 1. The van der Waals surface area contributed by atoms with Crippen molar-refractivity contribution in [3.8, 4) is 0 Å². The lowest BCUT2D eigenvalue weighted by molar-refractivity contribution is -0.126. The van der Waals surface area contributed by atoms with Gasteiger partial charge in [-0.15, -0.1) is 0 Å². The standard InChI is InChI=1S/C13H22N4O/c1-9(12-8-15-17(3)10(12)2)16-13(18)11-5-4-6-14-7-11/h8-9,11,14H,4-7H2,1-3H3,(H,16,18)/t9?,11-/m1/s1. The molecule has 5 heteroatoms. The van der Waals surface area contributed by atoms with Gasteiger partial charge in [0, 0.05) is 24.8 Å². The second kappa shape index (κ2) is 5.52. The van der Waals surface area contributed by atoms with Crippen molar-refractivity contribution in [3.63, 3.8) is 0 Å². The van der Waals surface area contributed by atoms with Crippen LogP contribution < -0.4 is 10.6 Å². The number of rotatable bonds is 3. The van der Waals surface area contributed by atoms with Crippen LogP contribution in [0.1, 0.15) is 37.1 Å². The van der Waals surface area contributed by atoms with Crippen LogP contribution in [0.5, 0.6) is 0 Å².